The summed E-state index contributed by atoms with van der Waals surface area (Å²) in [5.41, 5.74) is 8.62. The minimum absolute atomic E-state index is 0.197. The maximum Gasteiger partial charge on any atom is 0.146 e. The summed E-state index contributed by atoms with van der Waals surface area (Å²) in [6.45, 7) is 3.52. The third-order valence-corrected chi connectivity index (χ3v) is 3.75. The van der Waals surface area contributed by atoms with E-state index in [1.807, 2.05) is 18.5 Å². The van der Waals surface area contributed by atoms with Gasteiger partial charge in [0, 0.05) is 25.0 Å². The fourth-order valence-electron chi connectivity index (χ4n) is 2.63. The van der Waals surface area contributed by atoms with Gasteiger partial charge in [-0.15, -0.1) is 0 Å². The van der Waals surface area contributed by atoms with Gasteiger partial charge in [-0.2, -0.15) is 0 Å². The van der Waals surface area contributed by atoms with Crippen LogP contribution in [-0.2, 0) is 19.6 Å². The molecule has 3 rings (SSSR count). The molecule has 0 radical (unpaired) electrons. The number of ether oxygens (including phenoxy) is 1. The molecule has 2 N–H and O–H groups in total. The molecule has 1 aliphatic carbocycles. The Morgan fingerprint density at radius 1 is 1.47 bits per heavy atom. The van der Waals surface area contributed by atoms with E-state index >= 15 is 0 Å². The Balaban J connectivity index is 1.71. The molecular formula is C15H19N3O. The number of aromatic nitrogens is 2. The first kappa shape index (κ1) is 12.2. The molecule has 2 aromatic rings. The van der Waals surface area contributed by atoms with Gasteiger partial charge < -0.3 is 15.0 Å². The second kappa shape index (κ2) is 5.05. The summed E-state index contributed by atoms with van der Waals surface area (Å²) in [4.78, 5) is 4.30. The highest BCUT2D eigenvalue weighted by Gasteiger charge is 2.19. The van der Waals surface area contributed by atoms with Crippen LogP contribution in [0.3, 0.4) is 0 Å². The number of benzene rings is 1. The lowest BCUT2D eigenvalue weighted by atomic mass is 10.1. The van der Waals surface area contributed by atoms with E-state index in [1.165, 1.54) is 11.1 Å². The van der Waals surface area contributed by atoms with E-state index in [1.54, 1.807) is 0 Å². The maximum atomic E-state index is 6.03. The lowest BCUT2D eigenvalue weighted by molar-refractivity contribution is 0.289. The smallest absolute Gasteiger partial charge is 0.146 e. The minimum Gasteiger partial charge on any atom is -0.486 e. The van der Waals surface area contributed by atoms with Crippen LogP contribution >= 0.6 is 0 Å². The Morgan fingerprint density at radius 3 is 3.21 bits per heavy atom. The molecule has 19 heavy (non-hydrogen) atoms. The van der Waals surface area contributed by atoms with E-state index < -0.39 is 0 Å². The lowest BCUT2D eigenvalue weighted by Gasteiger charge is -2.10. The van der Waals surface area contributed by atoms with Crippen molar-refractivity contribution in [1.29, 1.82) is 0 Å². The Hall–Kier alpha value is -1.81. The van der Waals surface area contributed by atoms with Crippen LogP contribution in [0.1, 0.15) is 36.3 Å². The molecule has 100 valence electrons. The van der Waals surface area contributed by atoms with Gasteiger partial charge in [0.25, 0.3) is 0 Å². The summed E-state index contributed by atoms with van der Waals surface area (Å²) in [7, 11) is 0. The molecule has 0 spiro atoms. The second-order valence-electron chi connectivity index (χ2n) is 4.92. The molecule has 1 aliphatic rings. The zero-order valence-corrected chi connectivity index (χ0v) is 11.2. The van der Waals surface area contributed by atoms with Crippen molar-refractivity contribution in [2.45, 2.75) is 39.0 Å². The van der Waals surface area contributed by atoms with E-state index in [4.69, 9.17) is 10.5 Å². The SMILES string of the molecule is CCn1ccnc1COc1ccc2c(c1)CC[C@H]2N. The predicted octanol–water partition coefficient (Wildman–Crippen LogP) is 2.43. The number of hydrogen-bond acceptors (Lipinski definition) is 3. The standard InChI is InChI=1S/C15H19N3O/c1-2-18-8-7-17-15(18)10-19-12-4-5-13-11(9-12)3-6-14(13)16/h4-5,7-9,14H,2-3,6,10,16H2,1H3/t14-/m1/s1. The Kier molecular flexibility index (Phi) is 3.25. The quantitative estimate of drug-likeness (QED) is 0.915. The van der Waals surface area contributed by atoms with E-state index in [0.29, 0.717) is 6.61 Å². The summed E-state index contributed by atoms with van der Waals surface area (Å²) >= 11 is 0. The number of nitrogens with zero attached hydrogens (tertiary/aromatic N) is 2. The Labute approximate surface area is 113 Å². The van der Waals surface area contributed by atoms with E-state index in [-0.39, 0.29) is 6.04 Å². The summed E-state index contributed by atoms with van der Waals surface area (Å²) < 4.78 is 7.92. The first-order valence-electron chi connectivity index (χ1n) is 6.79. The third-order valence-electron chi connectivity index (χ3n) is 3.75. The average molecular weight is 257 g/mol. The van der Waals surface area contributed by atoms with Gasteiger partial charge in [-0.25, -0.2) is 4.98 Å². The summed E-state index contributed by atoms with van der Waals surface area (Å²) in [5, 5.41) is 0. The molecule has 0 amide bonds. The van der Waals surface area contributed by atoms with Gasteiger partial charge in [0.1, 0.15) is 18.2 Å². The monoisotopic (exact) mass is 257 g/mol. The van der Waals surface area contributed by atoms with E-state index in [0.717, 1.165) is 31.0 Å². The van der Waals surface area contributed by atoms with E-state index in [9.17, 15) is 0 Å². The Bertz CT molecular complexity index is 577. The van der Waals surface area contributed by atoms with Crippen molar-refractivity contribution in [2.24, 2.45) is 5.73 Å². The molecule has 1 aromatic carbocycles. The molecule has 0 aliphatic heterocycles. The molecule has 0 saturated heterocycles. The van der Waals surface area contributed by atoms with Crippen LogP contribution in [0.2, 0.25) is 0 Å². The van der Waals surface area contributed by atoms with Crippen LogP contribution < -0.4 is 10.5 Å². The van der Waals surface area contributed by atoms with Gasteiger partial charge in [0.05, 0.1) is 0 Å². The van der Waals surface area contributed by atoms with Gasteiger partial charge >= 0.3 is 0 Å². The van der Waals surface area contributed by atoms with Crippen molar-refractivity contribution in [1.82, 2.24) is 9.55 Å². The summed E-state index contributed by atoms with van der Waals surface area (Å²) in [6.07, 6.45) is 5.88. The fraction of sp³-hybridized carbons (Fsp3) is 0.400. The number of aryl methyl sites for hydroxylation is 2. The van der Waals surface area contributed by atoms with Crippen LogP contribution in [0.5, 0.6) is 5.75 Å². The van der Waals surface area contributed by atoms with Gasteiger partial charge in [0.2, 0.25) is 0 Å². The van der Waals surface area contributed by atoms with Crippen molar-refractivity contribution in [3.8, 4) is 5.75 Å². The van der Waals surface area contributed by atoms with Crippen LogP contribution in [-0.4, -0.2) is 9.55 Å². The Morgan fingerprint density at radius 2 is 2.37 bits per heavy atom. The summed E-state index contributed by atoms with van der Waals surface area (Å²) in [5.74, 6) is 1.86. The van der Waals surface area contributed by atoms with Gasteiger partial charge in [-0.1, -0.05) is 6.07 Å². The lowest BCUT2D eigenvalue weighted by Crippen LogP contribution is -2.06. The molecule has 0 bridgehead atoms. The zero-order chi connectivity index (χ0) is 13.2. The fourth-order valence-corrected chi connectivity index (χ4v) is 2.63. The average Bonchev–Trinajstić information content (AvgIpc) is 3.03. The van der Waals surface area contributed by atoms with Crippen molar-refractivity contribution in [3.63, 3.8) is 0 Å². The van der Waals surface area contributed by atoms with Crippen LogP contribution in [0, 0.1) is 0 Å². The van der Waals surface area contributed by atoms with Crippen molar-refractivity contribution < 1.29 is 4.74 Å². The molecule has 1 heterocycles. The normalized spacial score (nSPS) is 17.5. The first-order valence-corrected chi connectivity index (χ1v) is 6.79. The van der Waals surface area contributed by atoms with Crippen LogP contribution in [0.15, 0.2) is 30.6 Å². The highest BCUT2D eigenvalue weighted by molar-refractivity contribution is 5.40. The number of hydrogen-bond donors (Lipinski definition) is 1. The van der Waals surface area contributed by atoms with E-state index in [2.05, 4.69) is 28.6 Å². The van der Waals surface area contributed by atoms with Crippen molar-refractivity contribution in [2.75, 3.05) is 0 Å². The molecule has 4 heteroatoms. The summed E-state index contributed by atoms with van der Waals surface area (Å²) in [6, 6.07) is 6.40. The minimum atomic E-state index is 0.197. The molecule has 1 aromatic heterocycles. The van der Waals surface area contributed by atoms with Crippen molar-refractivity contribution in [3.05, 3.63) is 47.5 Å². The molecule has 0 saturated carbocycles. The number of rotatable bonds is 4. The number of fused-ring (bicyclic) bond motifs is 1. The second-order valence-corrected chi connectivity index (χ2v) is 4.92. The highest BCUT2D eigenvalue weighted by atomic mass is 16.5. The van der Waals surface area contributed by atoms with Crippen LogP contribution in [0.4, 0.5) is 0 Å². The topological polar surface area (TPSA) is 53.1 Å². The largest absolute Gasteiger partial charge is 0.486 e. The van der Waals surface area contributed by atoms with Gasteiger partial charge in [-0.05, 0) is 43.0 Å². The third kappa shape index (κ3) is 2.36. The molecule has 0 fully saturated rings. The van der Waals surface area contributed by atoms with Gasteiger partial charge in [0.15, 0.2) is 0 Å². The molecular weight excluding hydrogens is 238 g/mol. The van der Waals surface area contributed by atoms with Gasteiger partial charge in [-0.3, -0.25) is 0 Å². The highest BCUT2D eigenvalue weighted by Crippen LogP contribution is 2.31. The predicted molar refractivity (Wildman–Crippen MR) is 73.9 cm³/mol. The van der Waals surface area contributed by atoms with Crippen molar-refractivity contribution >= 4 is 0 Å². The maximum absolute atomic E-state index is 6.03. The number of nitrogens with two attached hydrogens (primary N) is 1. The first-order chi connectivity index (χ1) is 9.28. The zero-order valence-electron chi connectivity index (χ0n) is 11.2. The number of imidazole rings is 1. The van der Waals surface area contributed by atoms with Crippen LogP contribution in [0.25, 0.3) is 0 Å². The molecule has 1 atom stereocenters. The molecule has 4 nitrogen and oxygen atoms in total. The molecule has 0 unspecified atom stereocenters.